The maximum absolute atomic E-state index is 6.01. The summed E-state index contributed by atoms with van der Waals surface area (Å²) in [5.74, 6) is 0. The predicted molar refractivity (Wildman–Crippen MR) is 76.0 cm³/mol. The molecule has 0 bridgehead atoms. The summed E-state index contributed by atoms with van der Waals surface area (Å²) < 4.78 is 0. The fourth-order valence-electron chi connectivity index (χ4n) is 2.35. The molecule has 1 aromatic carbocycles. The van der Waals surface area contributed by atoms with Crippen LogP contribution in [0.15, 0.2) is 18.2 Å². The highest BCUT2D eigenvalue weighted by Crippen LogP contribution is 2.31. The van der Waals surface area contributed by atoms with E-state index in [1.54, 1.807) is 0 Å². The zero-order valence-corrected chi connectivity index (χ0v) is 11.6. The molecule has 1 heterocycles. The van der Waals surface area contributed by atoms with Crippen LogP contribution in [-0.2, 0) is 0 Å². The van der Waals surface area contributed by atoms with Gasteiger partial charge in [-0.15, -0.1) is 0 Å². The van der Waals surface area contributed by atoms with Crippen LogP contribution in [0.25, 0.3) is 0 Å². The number of rotatable bonds is 1. The average molecular weight is 253 g/mol. The lowest BCUT2D eigenvalue weighted by molar-refractivity contribution is 0.345. The Hall–Kier alpha value is -0.890. The summed E-state index contributed by atoms with van der Waals surface area (Å²) in [4.78, 5) is 0. The topological polar surface area (TPSA) is 24.1 Å². The van der Waals surface area contributed by atoms with Gasteiger partial charge in [-0.1, -0.05) is 32.4 Å². The molecule has 2 rings (SSSR count). The lowest BCUT2D eigenvalue weighted by Crippen LogP contribution is -2.25. The minimum atomic E-state index is 0.356. The number of benzene rings is 1. The van der Waals surface area contributed by atoms with Crippen molar-refractivity contribution in [2.75, 3.05) is 17.2 Å². The molecule has 0 spiro atoms. The Morgan fingerprint density at radius 2 is 2.06 bits per heavy atom. The number of hydrogen-bond acceptors (Lipinski definition) is 2. The van der Waals surface area contributed by atoms with Crippen molar-refractivity contribution in [2.24, 2.45) is 5.41 Å². The largest absolute Gasteiger partial charge is 0.383 e. The highest BCUT2D eigenvalue weighted by Gasteiger charge is 2.21. The zero-order chi connectivity index (χ0) is 12.5. The Balaban J connectivity index is 2.14. The Bertz CT molecular complexity index is 396. The van der Waals surface area contributed by atoms with Gasteiger partial charge in [-0.2, -0.15) is 0 Å². The van der Waals surface area contributed by atoms with E-state index in [0.717, 1.165) is 23.7 Å². The fourth-order valence-corrected chi connectivity index (χ4v) is 2.53. The van der Waals surface area contributed by atoms with Crippen LogP contribution in [0.1, 0.15) is 33.6 Å². The SMILES string of the molecule is CC(C)(C)CC1CCNc2cc(Cl)ccc2N1. The standard InChI is InChI=1S/C14H21ClN2/c1-14(2,3)9-11-6-7-16-13-8-10(15)4-5-12(13)17-11/h4-5,8,11,16-17H,6-7,9H2,1-3H3. The van der Waals surface area contributed by atoms with E-state index in [1.165, 1.54) is 12.1 Å². The Labute approximate surface area is 109 Å². The van der Waals surface area contributed by atoms with Gasteiger partial charge in [0, 0.05) is 17.6 Å². The van der Waals surface area contributed by atoms with Gasteiger partial charge < -0.3 is 10.6 Å². The van der Waals surface area contributed by atoms with E-state index in [0.29, 0.717) is 11.5 Å². The lowest BCUT2D eigenvalue weighted by Gasteiger charge is -2.26. The van der Waals surface area contributed by atoms with Crippen LogP contribution >= 0.6 is 11.6 Å². The zero-order valence-electron chi connectivity index (χ0n) is 10.8. The second-order valence-electron chi connectivity index (χ2n) is 6.01. The van der Waals surface area contributed by atoms with Crippen LogP contribution in [0.2, 0.25) is 5.02 Å². The summed E-state index contributed by atoms with van der Waals surface area (Å²) in [5.41, 5.74) is 2.64. The maximum Gasteiger partial charge on any atom is 0.0591 e. The molecule has 0 saturated carbocycles. The molecule has 1 atom stereocenters. The molecule has 2 N–H and O–H groups in total. The highest BCUT2D eigenvalue weighted by atomic mass is 35.5. The molecule has 0 radical (unpaired) electrons. The average Bonchev–Trinajstić information content (AvgIpc) is 2.36. The monoisotopic (exact) mass is 252 g/mol. The number of hydrogen-bond donors (Lipinski definition) is 2. The maximum atomic E-state index is 6.01. The summed E-state index contributed by atoms with van der Waals surface area (Å²) in [5, 5.41) is 7.84. The van der Waals surface area contributed by atoms with Crippen molar-refractivity contribution in [3.63, 3.8) is 0 Å². The second-order valence-corrected chi connectivity index (χ2v) is 6.45. The van der Waals surface area contributed by atoms with Gasteiger partial charge in [0.25, 0.3) is 0 Å². The molecule has 0 aliphatic carbocycles. The first-order chi connectivity index (χ1) is 7.94. The van der Waals surface area contributed by atoms with Crippen molar-refractivity contribution in [2.45, 2.75) is 39.7 Å². The molecule has 1 aromatic rings. The number of nitrogens with one attached hydrogen (secondary N) is 2. The quantitative estimate of drug-likeness (QED) is 0.776. The van der Waals surface area contributed by atoms with Crippen molar-refractivity contribution in [3.05, 3.63) is 23.2 Å². The molecule has 0 aromatic heterocycles. The highest BCUT2D eigenvalue weighted by molar-refractivity contribution is 6.31. The van der Waals surface area contributed by atoms with E-state index in [2.05, 4.69) is 37.5 Å². The van der Waals surface area contributed by atoms with Gasteiger partial charge in [0.15, 0.2) is 0 Å². The van der Waals surface area contributed by atoms with Crippen LogP contribution in [0.3, 0.4) is 0 Å². The molecule has 0 amide bonds. The molecule has 2 nitrogen and oxygen atoms in total. The summed E-state index contributed by atoms with van der Waals surface area (Å²) in [6, 6.07) is 6.52. The molecule has 1 unspecified atom stereocenters. The molecule has 3 heteroatoms. The molecule has 0 saturated heterocycles. The summed E-state index contributed by atoms with van der Waals surface area (Å²) in [6.45, 7) is 7.86. The van der Waals surface area contributed by atoms with E-state index >= 15 is 0 Å². The Morgan fingerprint density at radius 3 is 2.76 bits per heavy atom. The second kappa shape index (κ2) is 4.77. The Kier molecular flexibility index (Phi) is 3.53. The van der Waals surface area contributed by atoms with Crippen molar-refractivity contribution < 1.29 is 0 Å². The first-order valence-corrected chi connectivity index (χ1v) is 6.62. The van der Waals surface area contributed by atoms with E-state index in [1.807, 2.05) is 12.1 Å². The third-order valence-electron chi connectivity index (χ3n) is 3.01. The van der Waals surface area contributed by atoms with Gasteiger partial charge in [0.2, 0.25) is 0 Å². The van der Waals surface area contributed by atoms with Gasteiger partial charge >= 0.3 is 0 Å². The summed E-state index contributed by atoms with van der Waals surface area (Å²) >= 11 is 6.01. The van der Waals surface area contributed by atoms with Crippen LogP contribution < -0.4 is 10.6 Å². The van der Waals surface area contributed by atoms with Crippen molar-refractivity contribution >= 4 is 23.0 Å². The van der Waals surface area contributed by atoms with Crippen molar-refractivity contribution in [1.82, 2.24) is 0 Å². The lowest BCUT2D eigenvalue weighted by atomic mass is 9.87. The minimum absolute atomic E-state index is 0.356. The van der Waals surface area contributed by atoms with Crippen LogP contribution in [0.4, 0.5) is 11.4 Å². The first-order valence-electron chi connectivity index (χ1n) is 6.24. The van der Waals surface area contributed by atoms with E-state index in [-0.39, 0.29) is 0 Å². The smallest absolute Gasteiger partial charge is 0.0591 e. The van der Waals surface area contributed by atoms with Crippen LogP contribution in [0.5, 0.6) is 0 Å². The van der Waals surface area contributed by atoms with E-state index < -0.39 is 0 Å². The van der Waals surface area contributed by atoms with Gasteiger partial charge in [-0.3, -0.25) is 0 Å². The Morgan fingerprint density at radius 1 is 1.29 bits per heavy atom. The van der Waals surface area contributed by atoms with Gasteiger partial charge in [0.05, 0.1) is 11.4 Å². The van der Waals surface area contributed by atoms with Gasteiger partial charge in [-0.05, 0) is 36.5 Å². The molecular formula is C14H21ClN2. The minimum Gasteiger partial charge on any atom is -0.383 e. The fraction of sp³-hybridized carbons (Fsp3) is 0.571. The number of fused-ring (bicyclic) bond motifs is 1. The molecule has 94 valence electrons. The number of halogens is 1. The van der Waals surface area contributed by atoms with Crippen LogP contribution in [0, 0.1) is 5.41 Å². The number of anilines is 2. The van der Waals surface area contributed by atoms with Crippen molar-refractivity contribution in [3.8, 4) is 0 Å². The molecular weight excluding hydrogens is 232 g/mol. The normalized spacial score (nSPS) is 19.9. The van der Waals surface area contributed by atoms with Gasteiger partial charge in [0.1, 0.15) is 0 Å². The van der Waals surface area contributed by atoms with Crippen molar-refractivity contribution in [1.29, 1.82) is 0 Å². The summed E-state index contributed by atoms with van der Waals surface area (Å²) in [6.07, 6.45) is 2.32. The van der Waals surface area contributed by atoms with E-state index in [4.69, 9.17) is 11.6 Å². The molecule has 0 fully saturated rings. The third-order valence-corrected chi connectivity index (χ3v) is 3.24. The van der Waals surface area contributed by atoms with E-state index in [9.17, 15) is 0 Å². The predicted octanol–water partition coefficient (Wildman–Crippen LogP) is 4.37. The molecule has 1 aliphatic heterocycles. The van der Waals surface area contributed by atoms with Gasteiger partial charge in [-0.25, -0.2) is 0 Å². The molecule has 17 heavy (non-hydrogen) atoms. The summed E-state index contributed by atoms with van der Waals surface area (Å²) in [7, 11) is 0. The third kappa shape index (κ3) is 3.53. The first kappa shape index (κ1) is 12.6. The van der Waals surface area contributed by atoms with Crippen LogP contribution in [-0.4, -0.2) is 12.6 Å². The molecule has 1 aliphatic rings.